The maximum Gasteiger partial charge on any atom is 0.372 e. The van der Waals surface area contributed by atoms with E-state index in [4.69, 9.17) is 21.6 Å². The van der Waals surface area contributed by atoms with Crippen molar-refractivity contribution in [2.75, 3.05) is 7.11 Å². The largest absolute Gasteiger partial charge is 0.503 e. The van der Waals surface area contributed by atoms with Gasteiger partial charge in [-0.3, -0.25) is 4.89 Å². The molecule has 23 heavy (non-hydrogen) atoms. The molecule has 2 aromatic rings. The van der Waals surface area contributed by atoms with Gasteiger partial charge in [0, 0.05) is 10.7 Å². The lowest BCUT2D eigenvalue weighted by molar-refractivity contribution is -0.182. The Hall–Kier alpha value is -2.31. The Morgan fingerprint density at radius 3 is 2.57 bits per heavy atom. The number of rotatable bonds is 3. The predicted molar refractivity (Wildman–Crippen MR) is 86.1 cm³/mol. The highest BCUT2D eigenvalue weighted by Gasteiger charge is 2.06. The van der Waals surface area contributed by atoms with E-state index in [2.05, 4.69) is 9.87 Å². The minimum Gasteiger partial charge on any atom is -0.503 e. The molecule has 1 aromatic heterocycles. The fourth-order valence-electron chi connectivity index (χ4n) is 1.79. The first kappa shape index (κ1) is 18.7. The number of ether oxygens (including phenoxy) is 1. The van der Waals surface area contributed by atoms with Gasteiger partial charge in [0.15, 0.2) is 5.75 Å². The first-order chi connectivity index (χ1) is 10.9. The van der Waals surface area contributed by atoms with Crippen LogP contribution in [0, 0.1) is 6.92 Å². The van der Waals surface area contributed by atoms with Crippen molar-refractivity contribution in [1.82, 2.24) is 4.98 Å². The van der Waals surface area contributed by atoms with Gasteiger partial charge in [-0.1, -0.05) is 24.6 Å². The Bertz CT molecular complexity index is 646. The summed E-state index contributed by atoms with van der Waals surface area (Å²) in [6.45, 7) is 3.93. The quantitative estimate of drug-likeness (QED) is 0.655. The molecule has 0 bridgehead atoms. The summed E-state index contributed by atoms with van der Waals surface area (Å²) in [6.07, 6.45) is 0.871. The molecule has 0 unspecified atom stereocenters. The third-order valence-corrected chi connectivity index (χ3v) is 3.22. The fourth-order valence-corrected chi connectivity index (χ4v) is 1.98. The Labute approximate surface area is 139 Å². The van der Waals surface area contributed by atoms with Gasteiger partial charge < -0.3 is 9.84 Å². The van der Waals surface area contributed by atoms with Gasteiger partial charge >= 0.3 is 5.97 Å². The molecule has 0 saturated carbocycles. The van der Waals surface area contributed by atoms with Gasteiger partial charge in [0.05, 0.1) is 12.7 Å². The number of benzene rings is 1. The van der Waals surface area contributed by atoms with Gasteiger partial charge in [0.25, 0.3) is 5.88 Å². The summed E-state index contributed by atoms with van der Waals surface area (Å²) in [5, 5.41) is 17.8. The average Bonchev–Trinajstić information content (AvgIpc) is 2.56. The standard InChI is InChI=1S/C9H13NO2.C7H5ClO3/c1-4-7-5-8(11)9(12-3)10-6(7)2;8-6-3-1-2-5(4-6)7(9)11-10/h5,11H,4H2,1-3H3;1-4,10H. The van der Waals surface area contributed by atoms with E-state index >= 15 is 0 Å². The summed E-state index contributed by atoms with van der Waals surface area (Å²) in [6, 6.07) is 7.80. The number of aromatic nitrogens is 1. The molecule has 0 radical (unpaired) electrons. The zero-order valence-corrected chi connectivity index (χ0v) is 13.8. The smallest absolute Gasteiger partial charge is 0.372 e. The minimum atomic E-state index is -0.813. The lowest BCUT2D eigenvalue weighted by atomic mass is 10.1. The number of carbonyl (C=O) groups is 1. The summed E-state index contributed by atoms with van der Waals surface area (Å²) in [5.41, 5.74) is 2.18. The van der Waals surface area contributed by atoms with Crippen molar-refractivity contribution in [2.24, 2.45) is 0 Å². The highest BCUT2D eigenvalue weighted by molar-refractivity contribution is 6.30. The Kier molecular flexibility index (Phi) is 7.31. The van der Waals surface area contributed by atoms with Crippen molar-refractivity contribution in [2.45, 2.75) is 20.3 Å². The number of methoxy groups -OCH3 is 1. The van der Waals surface area contributed by atoms with Crippen LogP contribution in [0.4, 0.5) is 0 Å². The molecule has 7 heteroatoms. The monoisotopic (exact) mass is 339 g/mol. The SMILES string of the molecule is CCc1cc(O)c(OC)nc1C.O=C(OO)c1cccc(Cl)c1. The molecule has 0 aliphatic heterocycles. The van der Waals surface area contributed by atoms with Crippen molar-refractivity contribution < 1.29 is 24.8 Å². The number of carbonyl (C=O) groups excluding carboxylic acids is 1. The average molecular weight is 340 g/mol. The van der Waals surface area contributed by atoms with Crippen LogP contribution in [0.5, 0.6) is 11.6 Å². The molecule has 0 aliphatic carbocycles. The summed E-state index contributed by atoms with van der Waals surface area (Å²) < 4.78 is 4.86. The van der Waals surface area contributed by atoms with E-state index in [1.807, 2.05) is 13.8 Å². The molecule has 2 rings (SSSR count). The number of aromatic hydroxyl groups is 1. The zero-order valence-electron chi connectivity index (χ0n) is 13.0. The van der Waals surface area contributed by atoms with E-state index in [0.29, 0.717) is 10.9 Å². The van der Waals surface area contributed by atoms with Crippen LogP contribution in [0.15, 0.2) is 30.3 Å². The third kappa shape index (κ3) is 5.43. The Balaban J connectivity index is 0.000000231. The fraction of sp³-hybridized carbons (Fsp3) is 0.250. The Morgan fingerprint density at radius 1 is 1.35 bits per heavy atom. The highest BCUT2D eigenvalue weighted by atomic mass is 35.5. The lowest BCUT2D eigenvalue weighted by Gasteiger charge is -2.06. The molecule has 0 amide bonds. The summed E-state index contributed by atoms with van der Waals surface area (Å²) in [5.74, 6) is -0.405. The molecule has 0 spiro atoms. The second-order valence-electron chi connectivity index (χ2n) is 4.50. The molecule has 2 N–H and O–H groups in total. The van der Waals surface area contributed by atoms with Crippen LogP contribution in [0.25, 0.3) is 0 Å². The van der Waals surface area contributed by atoms with Crippen molar-refractivity contribution in [1.29, 1.82) is 0 Å². The second-order valence-corrected chi connectivity index (χ2v) is 4.94. The van der Waals surface area contributed by atoms with Gasteiger partial charge in [0.1, 0.15) is 0 Å². The maximum absolute atomic E-state index is 10.6. The van der Waals surface area contributed by atoms with Crippen LogP contribution in [0.2, 0.25) is 5.02 Å². The van der Waals surface area contributed by atoms with Crippen LogP contribution in [0.1, 0.15) is 28.5 Å². The van der Waals surface area contributed by atoms with Crippen LogP contribution in [-0.4, -0.2) is 28.4 Å². The van der Waals surface area contributed by atoms with E-state index in [-0.39, 0.29) is 11.3 Å². The van der Waals surface area contributed by atoms with Crippen LogP contribution >= 0.6 is 11.6 Å². The molecule has 6 nitrogen and oxygen atoms in total. The number of hydrogen-bond acceptors (Lipinski definition) is 6. The number of pyridine rings is 1. The van der Waals surface area contributed by atoms with Crippen molar-refractivity contribution in [3.63, 3.8) is 0 Å². The topological polar surface area (TPSA) is 88.9 Å². The molecule has 0 saturated heterocycles. The summed E-state index contributed by atoms with van der Waals surface area (Å²) >= 11 is 5.56. The molecule has 0 aliphatic rings. The van der Waals surface area contributed by atoms with Crippen LogP contribution < -0.4 is 4.74 Å². The molecule has 0 atom stereocenters. The molecular formula is C16H18ClNO5. The summed E-state index contributed by atoms with van der Waals surface area (Å²) in [7, 11) is 1.49. The van der Waals surface area contributed by atoms with Gasteiger partial charge in [-0.25, -0.2) is 9.78 Å². The van der Waals surface area contributed by atoms with Gasteiger partial charge in [-0.15, -0.1) is 0 Å². The second kappa shape index (κ2) is 8.97. The van der Waals surface area contributed by atoms with E-state index in [1.165, 1.54) is 19.2 Å². The van der Waals surface area contributed by atoms with E-state index < -0.39 is 5.97 Å². The molecular weight excluding hydrogens is 322 g/mol. The van der Waals surface area contributed by atoms with E-state index in [9.17, 15) is 9.90 Å². The van der Waals surface area contributed by atoms with Crippen molar-refractivity contribution >= 4 is 17.6 Å². The zero-order chi connectivity index (χ0) is 17.4. The molecule has 1 heterocycles. The van der Waals surface area contributed by atoms with Crippen LogP contribution in [-0.2, 0) is 11.3 Å². The number of nitrogens with zero attached hydrogens (tertiary/aromatic N) is 1. The third-order valence-electron chi connectivity index (χ3n) is 2.98. The van der Waals surface area contributed by atoms with Crippen LogP contribution in [0.3, 0.4) is 0 Å². The Morgan fingerprint density at radius 2 is 2.04 bits per heavy atom. The molecule has 1 aromatic carbocycles. The van der Waals surface area contributed by atoms with Gasteiger partial charge in [-0.2, -0.15) is 5.26 Å². The predicted octanol–water partition coefficient (Wildman–Crippen LogP) is 3.64. The first-order valence-electron chi connectivity index (χ1n) is 6.77. The normalized spacial score (nSPS) is 9.61. The molecule has 124 valence electrons. The minimum absolute atomic E-state index is 0.111. The highest BCUT2D eigenvalue weighted by Crippen LogP contribution is 2.25. The lowest BCUT2D eigenvalue weighted by Crippen LogP contribution is -2.00. The van der Waals surface area contributed by atoms with E-state index in [1.54, 1.807) is 18.2 Å². The van der Waals surface area contributed by atoms with Gasteiger partial charge in [0.2, 0.25) is 0 Å². The maximum atomic E-state index is 10.6. The number of hydrogen-bond donors (Lipinski definition) is 2. The van der Waals surface area contributed by atoms with Crippen molar-refractivity contribution in [3.05, 3.63) is 52.2 Å². The van der Waals surface area contributed by atoms with Gasteiger partial charge in [-0.05, 0) is 43.2 Å². The number of aryl methyl sites for hydroxylation is 2. The molecule has 0 fully saturated rings. The van der Waals surface area contributed by atoms with E-state index in [0.717, 1.165) is 17.7 Å². The van der Waals surface area contributed by atoms with Crippen molar-refractivity contribution in [3.8, 4) is 11.6 Å². The summed E-state index contributed by atoms with van der Waals surface area (Å²) in [4.78, 5) is 18.2. The number of halogens is 1. The first-order valence-corrected chi connectivity index (χ1v) is 7.15.